The molecule has 1 N–H and O–H groups in total. The number of amides is 1. The number of ether oxygens (including phenoxy) is 2. The number of carbonyl (C=O) groups is 1. The van der Waals surface area contributed by atoms with E-state index in [1.807, 2.05) is 29.2 Å². The summed E-state index contributed by atoms with van der Waals surface area (Å²) in [4.78, 5) is 16.0. The van der Waals surface area contributed by atoms with Crippen LogP contribution in [0.25, 0.3) is 0 Å². The number of thiophene rings is 1. The van der Waals surface area contributed by atoms with E-state index in [0.29, 0.717) is 37.7 Å². The Balaban J connectivity index is 1.75. The molecule has 0 saturated heterocycles. The molecule has 5 nitrogen and oxygen atoms in total. The fourth-order valence-corrected chi connectivity index (χ4v) is 4.09. The van der Waals surface area contributed by atoms with Gasteiger partial charge in [0, 0.05) is 18.0 Å². The summed E-state index contributed by atoms with van der Waals surface area (Å²) in [5.41, 5.74) is 1.19. The number of rotatable bonds is 8. The molecule has 0 radical (unpaired) electrons. The number of benzene rings is 1. The van der Waals surface area contributed by atoms with Crippen LogP contribution in [0, 0.1) is 0 Å². The largest absolute Gasteiger partial charge is 0.493 e. The summed E-state index contributed by atoms with van der Waals surface area (Å²) >= 11 is 1.75. The van der Waals surface area contributed by atoms with Crippen molar-refractivity contribution in [2.45, 2.75) is 12.5 Å². The predicted molar refractivity (Wildman–Crippen MR) is 104 cm³/mol. The lowest BCUT2D eigenvalue weighted by Crippen LogP contribution is -2.45. The minimum absolute atomic E-state index is 0.0809. The van der Waals surface area contributed by atoms with Gasteiger partial charge in [-0.25, -0.2) is 0 Å². The quantitative estimate of drug-likeness (QED) is 0.572. The molecule has 1 amide bonds. The number of hydrogen-bond acceptors (Lipinski definition) is 5. The number of nitrogens with one attached hydrogen (secondary N) is 1. The van der Waals surface area contributed by atoms with Gasteiger partial charge in [-0.3, -0.25) is 4.79 Å². The monoisotopic (exact) mass is 372 g/mol. The summed E-state index contributed by atoms with van der Waals surface area (Å²) in [6, 6.07) is 9.59. The Morgan fingerprint density at radius 3 is 2.96 bits per heavy atom. The molecule has 1 aromatic heterocycles. The Kier molecular flexibility index (Phi) is 6.30. The second-order valence-corrected chi connectivity index (χ2v) is 7.03. The summed E-state index contributed by atoms with van der Waals surface area (Å²) in [5, 5.41) is 5.18. The third kappa shape index (κ3) is 4.08. The molecule has 1 aliphatic rings. The van der Waals surface area contributed by atoms with Gasteiger partial charge in [-0.1, -0.05) is 18.2 Å². The molecule has 0 saturated carbocycles. The van der Waals surface area contributed by atoms with E-state index in [1.54, 1.807) is 24.5 Å². The number of nitrogens with zero attached hydrogens (tertiary/aromatic N) is 1. The molecule has 0 fully saturated rings. The van der Waals surface area contributed by atoms with Gasteiger partial charge >= 0.3 is 0 Å². The second-order valence-electron chi connectivity index (χ2n) is 6.03. The van der Waals surface area contributed by atoms with Crippen LogP contribution < -0.4 is 14.8 Å². The fourth-order valence-electron chi connectivity index (χ4n) is 3.16. The van der Waals surface area contributed by atoms with Crippen molar-refractivity contribution in [3.8, 4) is 11.5 Å². The van der Waals surface area contributed by atoms with Gasteiger partial charge in [-0.05, 0) is 35.6 Å². The van der Waals surface area contributed by atoms with E-state index < -0.39 is 0 Å². The van der Waals surface area contributed by atoms with Crippen LogP contribution in [0.3, 0.4) is 0 Å². The average molecular weight is 372 g/mol. The minimum Gasteiger partial charge on any atom is -0.493 e. The van der Waals surface area contributed by atoms with Crippen LogP contribution >= 0.6 is 11.3 Å². The van der Waals surface area contributed by atoms with Crippen LogP contribution in [0.2, 0.25) is 0 Å². The lowest BCUT2D eigenvalue weighted by molar-refractivity contribution is -0.133. The van der Waals surface area contributed by atoms with E-state index in [1.165, 1.54) is 10.4 Å². The van der Waals surface area contributed by atoms with Gasteiger partial charge in [-0.15, -0.1) is 17.9 Å². The number of fused-ring (bicyclic) bond motifs is 1. The SMILES string of the molecule is C=CCNCC(=O)N1CCc2sccc2C1COc1ccccc1OC. The maximum atomic E-state index is 12.7. The van der Waals surface area contributed by atoms with E-state index >= 15 is 0 Å². The minimum atomic E-state index is -0.0899. The van der Waals surface area contributed by atoms with Gasteiger partial charge in [0.05, 0.1) is 19.7 Å². The Morgan fingerprint density at radius 2 is 2.19 bits per heavy atom. The molecule has 2 heterocycles. The molecule has 0 aliphatic carbocycles. The van der Waals surface area contributed by atoms with Crippen LogP contribution in [0.1, 0.15) is 16.5 Å². The Hall–Kier alpha value is -2.31. The van der Waals surface area contributed by atoms with Crippen LogP contribution in [-0.2, 0) is 11.2 Å². The Bertz CT molecular complexity index is 759. The summed E-state index contributed by atoms with van der Waals surface area (Å²) in [6.07, 6.45) is 2.65. The highest BCUT2D eigenvalue weighted by Crippen LogP contribution is 2.35. The van der Waals surface area contributed by atoms with E-state index in [2.05, 4.69) is 23.3 Å². The zero-order chi connectivity index (χ0) is 18.4. The molecule has 1 aliphatic heterocycles. The number of methoxy groups -OCH3 is 1. The molecular weight excluding hydrogens is 348 g/mol. The molecule has 6 heteroatoms. The summed E-state index contributed by atoms with van der Waals surface area (Å²) in [6.45, 7) is 5.70. The van der Waals surface area contributed by atoms with Crippen molar-refractivity contribution >= 4 is 17.2 Å². The summed E-state index contributed by atoms with van der Waals surface area (Å²) < 4.78 is 11.4. The highest BCUT2D eigenvalue weighted by atomic mass is 32.1. The average Bonchev–Trinajstić information content (AvgIpc) is 3.15. The molecule has 138 valence electrons. The lowest BCUT2D eigenvalue weighted by Gasteiger charge is -2.36. The number of para-hydroxylation sites is 2. The van der Waals surface area contributed by atoms with Gasteiger partial charge in [0.25, 0.3) is 0 Å². The van der Waals surface area contributed by atoms with Gasteiger partial charge in [0.15, 0.2) is 11.5 Å². The van der Waals surface area contributed by atoms with Gasteiger partial charge in [0.1, 0.15) is 6.61 Å². The van der Waals surface area contributed by atoms with Gasteiger partial charge < -0.3 is 19.7 Å². The first-order valence-corrected chi connectivity index (χ1v) is 9.55. The van der Waals surface area contributed by atoms with E-state index in [4.69, 9.17) is 9.47 Å². The van der Waals surface area contributed by atoms with Crippen LogP contribution in [0.5, 0.6) is 11.5 Å². The first kappa shape index (κ1) is 18.5. The normalized spacial score (nSPS) is 16.0. The zero-order valence-corrected chi connectivity index (χ0v) is 15.8. The molecule has 1 atom stereocenters. The van der Waals surface area contributed by atoms with E-state index in [-0.39, 0.29) is 11.9 Å². The molecule has 0 bridgehead atoms. The summed E-state index contributed by atoms with van der Waals surface area (Å²) in [5.74, 6) is 1.46. The van der Waals surface area contributed by atoms with Crippen molar-refractivity contribution in [1.82, 2.24) is 10.2 Å². The number of carbonyl (C=O) groups excluding carboxylic acids is 1. The van der Waals surface area contributed by atoms with Crippen molar-refractivity contribution in [2.75, 3.05) is 33.4 Å². The van der Waals surface area contributed by atoms with Gasteiger partial charge in [-0.2, -0.15) is 0 Å². The first-order valence-electron chi connectivity index (χ1n) is 8.67. The molecule has 1 aromatic carbocycles. The van der Waals surface area contributed by atoms with E-state index in [0.717, 1.165) is 6.42 Å². The smallest absolute Gasteiger partial charge is 0.237 e. The standard InChI is InChI=1S/C20H24N2O3S/c1-3-10-21-13-20(23)22-11-8-19-15(9-12-26-19)16(22)14-25-18-7-5-4-6-17(18)24-2/h3-7,9,12,16,21H,1,8,10-11,13-14H2,2H3. The molecule has 0 spiro atoms. The van der Waals surface area contributed by atoms with Crippen molar-refractivity contribution in [3.63, 3.8) is 0 Å². The molecule has 26 heavy (non-hydrogen) atoms. The Labute approximate surface area is 158 Å². The fraction of sp³-hybridized carbons (Fsp3) is 0.350. The van der Waals surface area contributed by atoms with Crippen LogP contribution in [-0.4, -0.2) is 44.2 Å². The Morgan fingerprint density at radius 1 is 1.38 bits per heavy atom. The first-order chi connectivity index (χ1) is 12.7. The van der Waals surface area contributed by atoms with Crippen molar-refractivity contribution < 1.29 is 14.3 Å². The van der Waals surface area contributed by atoms with Crippen molar-refractivity contribution in [3.05, 3.63) is 58.8 Å². The molecular formula is C20H24N2O3S. The van der Waals surface area contributed by atoms with E-state index in [9.17, 15) is 4.79 Å². The van der Waals surface area contributed by atoms with Gasteiger partial charge in [0.2, 0.25) is 5.91 Å². The van der Waals surface area contributed by atoms with Crippen molar-refractivity contribution in [1.29, 1.82) is 0 Å². The maximum absolute atomic E-state index is 12.7. The zero-order valence-electron chi connectivity index (χ0n) is 14.9. The summed E-state index contributed by atoms with van der Waals surface area (Å²) in [7, 11) is 1.63. The third-order valence-electron chi connectivity index (χ3n) is 4.45. The topological polar surface area (TPSA) is 50.8 Å². The highest BCUT2D eigenvalue weighted by molar-refractivity contribution is 7.10. The highest BCUT2D eigenvalue weighted by Gasteiger charge is 2.32. The molecule has 1 unspecified atom stereocenters. The second kappa shape index (κ2) is 8.87. The lowest BCUT2D eigenvalue weighted by atomic mass is 10.0. The van der Waals surface area contributed by atoms with Crippen LogP contribution in [0.15, 0.2) is 48.4 Å². The molecule has 2 aromatic rings. The predicted octanol–water partition coefficient (Wildman–Crippen LogP) is 3.04. The van der Waals surface area contributed by atoms with Crippen molar-refractivity contribution in [2.24, 2.45) is 0 Å². The number of hydrogen-bond donors (Lipinski definition) is 1. The van der Waals surface area contributed by atoms with Crippen LogP contribution in [0.4, 0.5) is 0 Å². The maximum Gasteiger partial charge on any atom is 0.237 e. The third-order valence-corrected chi connectivity index (χ3v) is 5.44. The molecule has 3 rings (SSSR count).